The molecule has 0 saturated carbocycles. The van der Waals surface area contributed by atoms with Gasteiger partial charge < -0.3 is 14.4 Å². The first-order valence-corrected chi connectivity index (χ1v) is 6.23. The lowest BCUT2D eigenvalue weighted by Crippen LogP contribution is -2.46. The van der Waals surface area contributed by atoms with E-state index in [4.69, 9.17) is 9.47 Å². The molecule has 1 saturated heterocycles. The van der Waals surface area contributed by atoms with Gasteiger partial charge >= 0.3 is 12.1 Å². The van der Waals surface area contributed by atoms with Crippen molar-refractivity contribution in [3.05, 3.63) is 0 Å². The lowest BCUT2D eigenvalue weighted by atomic mass is 9.98. The summed E-state index contributed by atoms with van der Waals surface area (Å²) in [7, 11) is 0. The zero-order valence-electron chi connectivity index (χ0n) is 11.0. The van der Waals surface area contributed by atoms with Crippen LogP contribution in [0.1, 0.15) is 20.8 Å². The molecule has 0 N–H and O–H groups in total. The molecule has 104 valence electrons. The van der Waals surface area contributed by atoms with Gasteiger partial charge in [0.25, 0.3) is 0 Å². The van der Waals surface area contributed by atoms with E-state index in [2.05, 4.69) is 12.8 Å². The molecule has 0 bridgehead atoms. The van der Waals surface area contributed by atoms with E-state index < -0.39 is 17.5 Å². The molecule has 0 aromatic rings. The van der Waals surface area contributed by atoms with Crippen molar-refractivity contribution in [2.24, 2.45) is 5.41 Å². The van der Waals surface area contributed by atoms with E-state index in [0.717, 1.165) is 0 Å². The summed E-state index contributed by atoms with van der Waals surface area (Å²) in [6.07, 6.45) is -0.460. The first-order valence-electron chi connectivity index (χ1n) is 5.83. The zero-order chi connectivity index (χ0) is 13.8. The monoisotopic (exact) mass is 276 g/mol. The summed E-state index contributed by atoms with van der Waals surface area (Å²) >= 11 is 4.18. The molecule has 0 radical (unpaired) electrons. The Hall–Kier alpha value is -0.950. The average molecular weight is 276 g/mol. The van der Waals surface area contributed by atoms with Crippen LogP contribution in [0.15, 0.2) is 0 Å². The van der Waals surface area contributed by atoms with Gasteiger partial charge in [-0.15, -0.1) is 0 Å². The molecule has 6 nitrogen and oxygen atoms in total. The van der Waals surface area contributed by atoms with Crippen molar-refractivity contribution in [2.45, 2.75) is 20.8 Å². The molecule has 1 rings (SSSR count). The van der Waals surface area contributed by atoms with E-state index in [1.165, 1.54) is 0 Å². The number of ether oxygens (including phenoxy) is 2. The number of esters is 1. The third kappa shape index (κ3) is 4.73. The summed E-state index contributed by atoms with van der Waals surface area (Å²) in [4.78, 5) is 24.6. The molecule has 1 amide bonds. The minimum Gasteiger partial charge on any atom is -0.427 e. The maximum atomic E-state index is 11.6. The van der Waals surface area contributed by atoms with E-state index in [9.17, 15) is 9.59 Å². The average Bonchev–Trinajstić information content (AvgIpc) is 2.28. The van der Waals surface area contributed by atoms with Gasteiger partial charge in [-0.1, -0.05) is 12.8 Å². The van der Waals surface area contributed by atoms with Gasteiger partial charge in [0.15, 0.2) is 0 Å². The summed E-state index contributed by atoms with van der Waals surface area (Å²) in [5.74, 6) is -0.393. The summed E-state index contributed by atoms with van der Waals surface area (Å²) in [5, 5.41) is 0. The molecule has 1 heterocycles. The first kappa shape index (κ1) is 15.1. The van der Waals surface area contributed by atoms with Crippen molar-refractivity contribution < 1.29 is 19.1 Å². The van der Waals surface area contributed by atoms with Crippen molar-refractivity contribution in [1.29, 1.82) is 0 Å². The minimum absolute atomic E-state index is 0.337. The number of nitrogens with zero attached hydrogens (tertiary/aromatic N) is 2. The number of hydrogen-bond acceptors (Lipinski definition) is 6. The number of carbonyl (C=O) groups is 2. The summed E-state index contributed by atoms with van der Waals surface area (Å²) < 4.78 is 11.6. The Morgan fingerprint density at radius 1 is 1.11 bits per heavy atom. The van der Waals surface area contributed by atoms with Crippen molar-refractivity contribution in [3.63, 3.8) is 0 Å². The van der Waals surface area contributed by atoms with Gasteiger partial charge in [-0.3, -0.25) is 4.79 Å². The Balaban J connectivity index is 2.23. The van der Waals surface area contributed by atoms with Crippen LogP contribution in [0.2, 0.25) is 0 Å². The fourth-order valence-corrected chi connectivity index (χ4v) is 1.50. The highest BCUT2D eigenvalue weighted by Gasteiger charge is 2.24. The fourth-order valence-electron chi connectivity index (χ4n) is 1.32. The molecule has 0 atom stereocenters. The molecule has 1 aliphatic heterocycles. The second-order valence-electron chi connectivity index (χ2n) is 5.15. The Labute approximate surface area is 113 Å². The van der Waals surface area contributed by atoms with Gasteiger partial charge in [0.1, 0.15) is 0 Å². The SMILES string of the molecule is CC(C)(C)C(=O)OCOC(=O)N1CCN(S)CC1. The third-order valence-corrected chi connectivity index (χ3v) is 2.90. The molecule has 18 heavy (non-hydrogen) atoms. The van der Waals surface area contributed by atoms with E-state index in [-0.39, 0.29) is 6.79 Å². The van der Waals surface area contributed by atoms with Crippen LogP contribution >= 0.6 is 12.8 Å². The van der Waals surface area contributed by atoms with Crippen molar-refractivity contribution in [2.75, 3.05) is 33.0 Å². The number of amides is 1. The summed E-state index contributed by atoms with van der Waals surface area (Å²) in [5.41, 5.74) is -0.593. The first-order chi connectivity index (χ1) is 8.30. The van der Waals surface area contributed by atoms with Gasteiger partial charge in [0, 0.05) is 26.2 Å². The lowest BCUT2D eigenvalue weighted by molar-refractivity contribution is -0.161. The second kappa shape index (κ2) is 6.29. The Kier molecular flexibility index (Phi) is 5.28. The van der Waals surface area contributed by atoms with Gasteiger partial charge in [0.05, 0.1) is 5.41 Å². The van der Waals surface area contributed by atoms with Crippen molar-refractivity contribution >= 4 is 24.9 Å². The largest absolute Gasteiger partial charge is 0.427 e. The van der Waals surface area contributed by atoms with E-state index >= 15 is 0 Å². The van der Waals surface area contributed by atoms with Crippen LogP contribution in [-0.4, -0.2) is 54.2 Å². The number of rotatable bonds is 2. The molecule has 0 spiro atoms. The fraction of sp³-hybridized carbons (Fsp3) is 0.818. The maximum absolute atomic E-state index is 11.6. The van der Waals surface area contributed by atoms with Gasteiger partial charge in [0.2, 0.25) is 6.79 Å². The third-order valence-electron chi connectivity index (χ3n) is 2.50. The van der Waals surface area contributed by atoms with E-state index in [1.54, 1.807) is 25.7 Å². The zero-order valence-corrected chi connectivity index (χ0v) is 11.9. The summed E-state index contributed by atoms with van der Waals surface area (Å²) in [6.45, 7) is 7.40. The predicted octanol–water partition coefficient (Wildman–Crippen LogP) is 1.13. The molecule has 0 aromatic carbocycles. The number of hydrogen-bond donors (Lipinski definition) is 1. The quantitative estimate of drug-likeness (QED) is 0.465. The highest BCUT2D eigenvalue weighted by atomic mass is 32.1. The second-order valence-corrected chi connectivity index (χ2v) is 5.72. The smallest absolute Gasteiger partial charge is 0.412 e. The number of thiol groups is 1. The normalized spacial score (nSPS) is 17.4. The van der Waals surface area contributed by atoms with Crippen LogP contribution in [0.4, 0.5) is 4.79 Å². The minimum atomic E-state index is -0.593. The Morgan fingerprint density at radius 2 is 1.67 bits per heavy atom. The predicted molar refractivity (Wildman–Crippen MR) is 69.0 cm³/mol. The summed E-state index contributed by atoms with van der Waals surface area (Å²) in [6, 6.07) is 0. The molecule has 7 heteroatoms. The standard InChI is InChI=1S/C11H20N2O4S/c1-11(2,3)9(14)16-8-17-10(15)12-4-6-13(18)7-5-12/h18H,4-8H2,1-3H3. The van der Waals surface area contributed by atoms with Crippen LogP contribution in [0.25, 0.3) is 0 Å². The molecule has 0 unspecified atom stereocenters. The van der Waals surface area contributed by atoms with E-state index in [0.29, 0.717) is 26.2 Å². The van der Waals surface area contributed by atoms with Gasteiger partial charge in [-0.25, -0.2) is 9.10 Å². The van der Waals surface area contributed by atoms with Crippen molar-refractivity contribution in [1.82, 2.24) is 9.21 Å². The molecular formula is C11H20N2O4S. The van der Waals surface area contributed by atoms with Gasteiger partial charge in [-0.2, -0.15) is 0 Å². The molecule has 0 aliphatic carbocycles. The number of carbonyl (C=O) groups excluding carboxylic acids is 2. The Morgan fingerprint density at radius 3 is 2.17 bits per heavy atom. The van der Waals surface area contributed by atoms with Crippen LogP contribution < -0.4 is 0 Å². The number of piperazine rings is 1. The van der Waals surface area contributed by atoms with Crippen LogP contribution in [0.5, 0.6) is 0 Å². The highest BCUT2D eigenvalue weighted by Crippen LogP contribution is 2.15. The van der Waals surface area contributed by atoms with Crippen LogP contribution in [-0.2, 0) is 14.3 Å². The Bertz CT molecular complexity index is 309. The van der Waals surface area contributed by atoms with Crippen LogP contribution in [0, 0.1) is 5.41 Å². The topological polar surface area (TPSA) is 59.1 Å². The highest BCUT2D eigenvalue weighted by molar-refractivity contribution is 7.77. The molecule has 0 aromatic heterocycles. The molecular weight excluding hydrogens is 256 g/mol. The van der Waals surface area contributed by atoms with Gasteiger partial charge in [-0.05, 0) is 20.8 Å². The van der Waals surface area contributed by atoms with Crippen LogP contribution in [0.3, 0.4) is 0 Å². The molecule has 1 fully saturated rings. The maximum Gasteiger partial charge on any atom is 0.412 e. The molecule has 1 aliphatic rings. The van der Waals surface area contributed by atoms with E-state index in [1.807, 2.05) is 4.31 Å². The van der Waals surface area contributed by atoms with Crippen molar-refractivity contribution in [3.8, 4) is 0 Å². The lowest BCUT2D eigenvalue weighted by Gasteiger charge is -2.30.